The Kier molecular flexibility index (Phi) is 9.81. The third-order valence-corrected chi connectivity index (χ3v) is 6.54. The van der Waals surface area contributed by atoms with E-state index in [9.17, 15) is 0 Å². The van der Waals surface area contributed by atoms with Crippen LogP contribution in [0.25, 0.3) is 0 Å². The smallest absolute Gasteiger partial charge is 0.119 e. The fourth-order valence-electron chi connectivity index (χ4n) is 3.26. The standard InChI is InChI=1S/C29H44O4/c1-9-27(3,4)32-21-19-30-25-15-11-23(12-16-25)29(7,8)24-13-17-26(18-14-24)31-20-22-33-28(5,6)10-2/h11-18H,9-10,19-22H2,1-8H3. The SMILES string of the molecule is CCC(C)(C)OCCOc1ccc(C(C)(C)c2ccc(OCCOC(C)(C)CC)cc2)cc1. The summed E-state index contributed by atoms with van der Waals surface area (Å²) in [4.78, 5) is 0. The Morgan fingerprint density at radius 2 is 0.848 bits per heavy atom. The van der Waals surface area contributed by atoms with Crippen LogP contribution in [0.2, 0.25) is 0 Å². The molecule has 33 heavy (non-hydrogen) atoms. The second kappa shape index (κ2) is 11.9. The summed E-state index contributed by atoms with van der Waals surface area (Å²) in [6.45, 7) is 19.4. The Morgan fingerprint density at radius 1 is 0.515 bits per heavy atom. The quantitative estimate of drug-likeness (QED) is 0.282. The first-order chi connectivity index (χ1) is 15.5. The average molecular weight is 457 g/mol. The number of hydrogen-bond acceptors (Lipinski definition) is 4. The first-order valence-electron chi connectivity index (χ1n) is 12.2. The predicted octanol–water partition coefficient (Wildman–Crippen LogP) is 7.18. The molecule has 0 unspecified atom stereocenters. The van der Waals surface area contributed by atoms with Crippen molar-refractivity contribution in [2.24, 2.45) is 0 Å². The van der Waals surface area contributed by atoms with Crippen LogP contribution in [0, 0.1) is 0 Å². The monoisotopic (exact) mass is 456 g/mol. The molecule has 0 amide bonds. The Bertz CT molecular complexity index is 750. The highest BCUT2D eigenvalue weighted by Gasteiger charge is 2.23. The maximum atomic E-state index is 5.86. The van der Waals surface area contributed by atoms with Crippen molar-refractivity contribution in [3.63, 3.8) is 0 Å². The molecule has 0 fully saturated rings. The second-order valence-electron chi connectivity index (χ2n) is 10.3. The first-order valence-corrected chi connectivity index (χ1v) is 12.2. The lowest BCUT2D eigenvalue weighted by Gasteiger charge is -2.27. The van der Waals surface area contributed by atoms with Gasteiger partial charge in [0.2, 0.25) is 0 Å². The maximum absolute atomic E-state index is 5.86. The zero-order chi connectivity index (χ0) is 24.5. The van der Waals surface area contributed by atoms with Crippen molar-refractivity contribution < 1.29 is 18.9 Å². The van der Waals surface area contributed by atoms with Crippen LogP contribution in [0.3, 0.4) is 0 Å². The van der Waals surface area contributed by atoms with Crippen molar-refractivity contribution in [3.8, 4) is 11.5 Å². The van der Waals surface area contributed by atoms with E-state index in [4.69, 9.17) is 18.9 Å². The molecule has 0 spiro atoms. The van der Waals surface area contributed by atoms with E-state index < -0.39 is 0 Å². The van der Waals surface area contributed by atoms with Crippen molar-refractivity contribution in [2.75, 3.05) is 26.4 Å². The van der Waals surface area contributed by atoms with Crippen LogP contribution in [0.5, 0.6) is 11.5 Å². The van der Waals surface area contributed by atoms with Crippen molar-refractivity contribution in [1.29, 1.82) is 0 Å². The molecule has 0 aliphatic rings. The van der Waals surface area contributed by atoms with Crippen LogP contribution >= 0.6 is 0 Å². The molecule has 0 aromatic heterocycles. The van der Waals surface area contributed by atoms with E-state index in [0.717, 1.165) is 24.3 Å². The van der Waals surface area contributed by atoms with E-state index in [1.165, 1.54) is 11.1 Å². The van der Waals surface area contributed by atoms with Gasteiger partial charge < -0.3 is 18.9 Å². The summed E-state index contributed by atoms with van der Waals surface area (Å²) in [5.74, 6) is 1.73. The van der Waals surface area contributed by atoms with Crippen LogP contribution in [-0.2, 0) is 14.9 Å². The fraction of sp³-hybridized carbons (Fsp3) is 0.586. The number of rotatable bonds is 14. The molecule has 2 aromatic rings. The molecule has 0 N–H and O–H groups in total. The molecule has 0 aliphatic heterocycles. The lowest BCUT2D eigenvalue weighted by atomic mass is 9.78. The summed E-state index contributed by atoms with van der Waals surface area (Å²) < 4.78 is 23.4. The van der Waals surface area contributed by atoms with E-state index in [0.29, 0.717) is 26.4 Å². The highest BCUT2D eigenvalue weighted by atomic mass is 16.5. The molecule has 184 valence electrons. The summed E-state index contributed by atoms with van der Waals surface area (Å²) in [6.07, 6.45) is 1.96. The van der Waals surface area contributed by atoms with Gasteiger partial charge >= 0.3 is 0 Å². The summed E-state index contributed by atoms with van der Waals surface area (Å²) in [5.41, 5.74) is 2.15. The predicted molar refractivity (Wildman–Crippen MR) is 137 cm³/mol. The number of ether oxygens (including phenoxy) is 4. The Hall–Kier alpha value is -2.04. The van der Waals surface area contributed by atoms with Crippen LogP contribution in [0.1, 0.15) is 79.4 Å². The maximum Gasteiger partial charge on any atom is 0.119 e. The van der Waals surface area contributed by atoms with Gasteiger partial charge in [0.05, 0.1) is 24.4 Å². The van der Waals surface area contributed by atoms with Gasteiger partial charge in [0, 0.05) is 5.41 Å². The van der Waals surface area contributed by atoms with Crippen molar-refractivity contribution in [1.82, 2.24) is 0 Å². The number of hydrogen-bond donors (Lipinski definition) is 0. The third kappa shape index (κ3) is 8.68. The lowest BCUT2D eigenvalue weighted by molar-refractivity contribution is -0.0319. The first kappa shape index (κ1) is 27.2. The topological polar surface area (TPSA) is 36.9 Å². The van der Waals surface area contributed by atoms with E-state index >= 15 is 0 Å². The summed E-state index contributed by atoms with van der Waals surface area (Å²) >= 11 is 0. The third-order valence-electron chi connectivity index (χ3n) is 6.54. The fourth-order valence-corrected chi connectivity index (χ4v) is 3.26. The normalized spacial score (nSPS) is 12.6. The molecule has 0 saturated carbocycles. The molecule has 2 aromatic carbocycles. The summed E-state index contributed by atoms with van der Waals surface area (Å²) in [7, 11) is 0. The van der Waals surface area contributed by atoms with Gasteiger partial charge in [0.25, 0.3) is 0 Å². The van der Waals surface area contributed by atoms with Gasteiger partial charge in [-0.25, -0.2) is 0 Å². The molecule has 0 aliphatic carbocycles. The average Bonchev–Trinajstić information content (AvgIpc) is 2.80. The zero-order valence-corrected chi connectivity index (χ0v) is 22.0. The highest BCUT2D eigenvalue weighted by Crippen LogP contribution is 2.33. The number of benzene rings is 2. The zero-order valence-electron chi connectivity index (χ0n) is 22.0. The Balaban J connectivity index is 1.88. The van der Waals surface area contributed by atoms with Crippen molar-refractivity contribution >= 4 is 0 Å². The second-order valence-corrected chi connectivity index (χ2v) is 10.3. The van der Waals surface area contributed by atoms with Gasteiger partial charge in [0.15, 0.2) is 0 Å². The van der Waals surface area contributed by atoms with E-state index in [-0.39, 0.29) is 16.6 Å². The molecule has 0 bridgehead atoms. The van der Waals surface area contributed by atoms with E-state index in [2.05, 4.69) is 79.7 Å². The van der Waals surface area contributed by atoms with Crippen LogP contribution in [0.4, 0.5) is 0 Å². The summed E-state index contributed by atoms with van der Waals surface area (Å²) in [5, 5.41) is 0. The largest absolute Gasteiger partial charge is 0.491 e. The van der Waals surface area contributed by atoms with E-state index in [1.54, 1.807) is 0 Å². The highest BCUT2D eigenvalue weighted by molar-refractivity contribution is 5.41. The molecule has 0 atom stereocenters. The van der Waals surface area contributed by atoms with Crippen molar-refractivity contribution in [2.45, 2.75) is 84.8 Å². The van der Waals surface area contributed by atoms with Crippen molar-refractivity contribution in [3.05, 3.63) is 59.7 Å². The van der Waals surface area contributed by atoms with Crippen LogP contribution in [0.15, 0.2) is 48.5 Å². The van der Waals surface area contributed by atoms with Gasteiger partial charge in [-0.2, -0.15) is 0 Å². The molecule has 0 saturated heterocycles. The molecule has 4 heteroatoms. The summed E-state index contributed by atoms with van der Waals surface area (Å²) in [6, 6.07) is 16.7. The van der Waals surface area contributed by atoms with Gasteiger partial charge in [-0.05, 0) is 75.9 Å². The van der Waals surface area contributed by atoms with Gasteiger partial charge in [-0.1, -0.05) is 52.0 Å². The van der Waals surface area contributed by atoms with Crippen LogP contribution in [-0.4, -0.2) is 37.6 Å². The minimum atomic E-state index is -0.125. The lowest BCUT2D eigenvalue weighted by Crippen LogP contribution is -2.25. The minimum Gasteiger partial charge on any atom is -0.491 e. The van der Waals surface area contributed by atoms with E-state index in [1.807, 2.05) is 24.3 Å². The van der Waals surface area contributed by atoms with Gasteiger partial charge in [0.1, 0.15) is 24.7 Å². The molecular formula is C29H44O4. The molecule has 0 radical (unpaired) electrons. The Labute approximate surface area is 201 Å². The Morgan fingerprint density at radius 3 is 1.15 bits per heavy atom. The molecule has 4 nitrogen and oxygen atoms in total. The molecule has 2 rings (SSSR count). The molecular weight excluding hydrogens is 412 g/mol. The van der Waals surface area contributed by atoms with Crippen LogP contribution < -0.4 is 9.47 Å². The minimum absolute atomic E-state index is 0.0996. The van der Waals surface area contributed by atoms with Gasteiger partial charge in [-0.3, -0.25) is 0 Å². The molecule has 0 heterocycles. The van der Waals surface area contributed by atoms with Gasteiger partial charge in [-0.15, -0.1) is 0 Å².